The van der Waals surface area contributed by atoms with Gasteiger partial charge in [-0.1, -0.05) is 23.2 Å². The third kappa shape index (κ3) is 2.18. The molecule has 1 N–H and O–H groups in total. The first kappa shape index (κ1) is 13.0. The molecule has 1 aliphatic heterocycles. The average Bonchev–Trinajstić information content (AvgIpc) is 2.36. The summed E-state index contributed by atoms with van der Waals surface area (Å²) in [5.41, 5.74) is 2.45. The smallest absolute Gasteiger partial charge is 0.336 e. The van der Waals surface area contributed by atoms with E-state index in [-0.39, 0.29) is 5.56 Å². The molecule has 1 aromatic carbocycles. The maximum Gasteiger partial charge on any atom is 0.336 e. The molecule has 0 radical (unpaired) electrons. The molecule has 0 bridgehead atoms. The molecule has 3 rings (SSSR count). The maximum absolute atomic E-state index is 11.6. The summed E-state index contributed by atoms with van der Waals surface area (Å²) >= 11 is 13.8. The monoisotopic (exact) mass is 313 g/mol. The highest BCUT2D eigenvalue weighted by Crippen LogP contribution is 2.35. The summed E-state index contributed by atoms with van der Waals surface area (Å²) in [4.78, 5) is 16.1. The number of carboxylic acid groups (broad SMARTS) is 1. The quantitative estimate of drug-likeness (QED) is 0.863. The van der Waals surface area contributed by atoms with Gasteiger partial charge in [-0.25, -0.2) is 4.79 Å². The number of thioether (sulfide) groups is 1. The van der Waals surface area contributed by atoms with Crippen LogP contribution in [0.2, 0.25) is 10.0 Å². The molecular weight excluding hydrogens is 305 g/mol. The van der Waals surface area contributed by atoms with Crippen LogP contribution in [0.5, 0.6) is 0 Å². The Hall–Kier alpha value is -0.970. The summed E-state index contributed by atoms with van der Waals surface area (Å²) in [6.07, 6.45) is 0.773. The van der Waals surface area contributed by atoms with Gasteiger partial charge in [-0.2, -0.15) is 11.8 Å². The molecule has 19 heavy (non-hydrogen) atoms. The van der Waals surface area contributed by atoms with E-state index in [4.69, 9.17) is 23.2 Å². The predicted molar refractivity (Wildman–Crippen MR) is 78.6 cm³/mol. The summed E-state index contributed by atoms with van der Waals surface area (Å²) in [7, 11) is 0. The summed E-state index contributed by atoms with van der Waals surface area (Å²) in [5, 5.41) is 10.8. The number of hydrogen-bond donors (Lipinski definition) is 1. The van der Waals surface area contributed by atoms with E-state index in [9.17, 15) is 9.90 Å². The number of aromatic carboxylic acids is 1. The maximum atomic E-state index is 11.6. The van der Waals surface area contributed by atoms with Crippen molar-refractivity contribution in [3.63, 3.8) is 0 Å². The molecule has 1 aromatic heterocycles. The SMILES string of the molecule is O=C(O)c1c2c(nc3c(Cl)cc(Cl)cc13)CCSC2. The highest BCUT2D eigenvalue weighted by atomic mass is 35.5. The van der Waals surface area contributed by atoms with Crippen molar-refractivity contribution in [3.8, 4) is 0 Å². The van der Waals surface area contributed by atoms with E-state index in [0.717, 1.165) is 23.4 Å². The van der Waals surface area contributed by atoms with Crippen molar-refractivity contribution in [1.29, 1.82) is 0 Å². The van der Waals surface area contributed by atoms with Gasteiger partial charge in [0.1, 0.15) is 0 Å². The molecule has 0 amide bonds. The number of benzene rings is 1. The minimum atomic E-state index is -0.954. The van der Waals surface area contributed by atoms with Crippen LogP contribution in [-0.2, 0) is 12.2 Å². The molecule has 0 saturated carbocycles. The minimum Gasteiger partial charge on any atom is -0.478 e. The molecule has 0 unspecified atom stereocenters. The Morgan fingerprint density at radius 2 is 2.16 bits per heavy atom. The number of halogens is 2. The fourth-order valence-electron chi connectivity index (χ4n) is 2.33. The zero-order chi connectivity index (χ0) is 13.6. The lowest BCUT2D eigenvalue weighted by Gasteiger charge is -2.19. The molecule has 0 spiro atoms. The summed E-state index contributed by atoms with van der Waals surface area (Å²) in [6.45, 7) is 0. The van der Waals surface area contributed by atoms with Crippen LogP contribution in [0.1, 0.15) is 21.6 Å². The summed E-state index contributed by atoms with van der Waals surface area (Å²) < 4.78 is 0. The Labute approximate surface area is 123 Å². The Morgan fingerprint density at radius 3 is 2.89 bits per heavy atom. The number of aryl methyl sites for hydroxylation is 1. The number of rotatable bonds is 1. The van der Waals surface area contributed by atoms with Crippen molar-refractivity contribution in [1.82, 2.24) is 4.98 Å². The lowest BCUT2D eigenvalue weighted by molar-refractivity contribution is 0.0698. The molecule has 3 nitrogen and oxygen atoms in total. The van der Waals surface area contributed by atoms with Gasteiger partial charge in [0.25, 0.3) is 0 Å². The molecule has 2 aromatic rings. The topological polar surface area (TPSA) is 50.2 Å². The first-order valence-corrected chi connectivity index (χ1v) is 7.60. The number of carbonyl (C=O) groups is 1. The second-order valence-corrected chi connectivity index (χ2v) is 6.25. The zero-order valence-corrected chi connectivity index (χ0v) is 12.1. The van der Waals surface area contributed by atoms with Gasteiger partial charge in [0.05, 0.1) is 16.1 Å². The molecule has 0 atom stereocenters. The van der Waals surface area contributed by atoms with Gasteiger partial charge in [0.2, 0.25) is 0 Å². The Balaban J connectivity index is 2.46. The molecule has 0 fully saturated rings. The Morgan fingerprint density at radius 1 is 1.37 bits per heavy atom. The van der Waals surface area contributed by atoms with Gasteiger partial charge >= 0.3 is 5.97 Å². The molecule has 6 heteroatoms. The van der Waals surface area contributed by atoms with Crippen molar-refractivity contribution in [3.05, 3.63) is 39.0 Å². The van der Waals surface area contributed by atoms with Crippen LogP contribution in [0.4, 0.5) is 0 Å². The number of hydrogen-bond acceptors (Lipinski definition) is 3. The van der Waals surface area contributed by atoms with E-state index in [1.807, 2.05) is 0 Å². The molecule has 1 aliphatic rings. The van der Waals surface area contributed by atoms with Crippen LogP contribution < -0.4 is 0 Å². The highest BCUT2D eigenvalue weighted by molar-refractivity contribution is 7.98. The number of pyridine rings is 1. The van der Waals surface area contributed by atoms with Gasteiger partial charge in [-0.3, -0.25) is 4.98 Å². The zero-order valence-electron chi connectivity index (χ0n) is 9.74. The van der Waals surface area contributed by atoms with Crippen molar-refractivity contribution in [2.75, 3.05) is 5.75 Å². The van der Waals surface area contributed by atoms with Gasteiger partial charge in [-0.15, -0.1) is 0 Å². The molecule has 0 saturated heterocycles. The second-order valence-electron chi connectivity index (χ2n) is 4.30. The van der Waals surface area contributed by atoms with E-state index >= 15 is 0 Å². The largest absolute Gasteiger partial charge is 0.478 e. The van der Waals surface area contributed by atoms with E-state index in [2.05, 4.69) is 4.98 Å². The normalized spacial score (nSPS) is 14.4. The predicted octanol–water partition coefficient (Wildman–Crippen LogP) is 4.03. The highest BCUT2D eigenvalue weighted by Gasteiger charge is 2.23. The van der Waals surface area contributed by atoms with Crippen LogP contribution in [0.3, 0.4) is 0 Å². The van der Waals surface area contributed by atoms with E-state index < -0.39 is 5.97 Å². The van der Waals surface area contributed by atoms with Crippen LogP contribution in [0.25, 0.3) is 10.9 Å². The number of carboxylic acids is 1. The summed E-state index contributed by atoms with van der Waals surface area (Å²) in [6, 6.07) is 3.22. The molecular formula is C13H9Cl2NO2S. The van der Waals surface area contributed by atoms with E-state index in [1.54, 1.807) is 23.9 Å². The summed E-state index contributed by atoms with van der Waals surface area (Å²) in [5.74, 6) is 0.671. The third-order valence-electron chi connectivity index (χ3n) is 3.14. The standard InChI is InChI=1S/C13H9Cl2NO2S/c14-6-3-7-11(13(17)18)8-5-19-2-1-10(8)16-12(7)9(15)4-6/h3-4H,1-2,5H2,(H,17,18). The van der Waals surface area contributed by atoms with Crippen molar-refractivity contribution >= 4 is 51.8 Å². The Kier molecular flexibility index (Phi) is 3.33. The van der Waals surface area contributed by atoms with Gasteiger partial charge in [0, 0.05) is 21.9 Å². The first-order chi connectivity index (χ1) is 9.08. The lowest BCUT2D eigenvalue weighted by atomic mass is 10.00. The van der Waals surface area contributed by atoms with Crippen molar-refractivity contribution in [2.45, 2.75) is 12.2 Å². The van der Waals surface area contributed by atoms with E-state index in [1.165, 1.54) is 0 Å². The average molecular weight is 314 g/mol. The molecule has 0 aliphatic carbocycles. The van der Waals surface area contributed by atoms with Crippen molar-refractivity contribution in [2.24, 2.45) is 0 Å². The van der Waals surface area contributed by atoms with Gasteiger partial charge < -0.3 is 5.11 Å². The minimum absolute atomic E-state index is 0.289. The molecule has 98 valence electrons. The van der Waals surface area contributed by atoms with Gasteiger partial charge in [0.15, 0.2) is 0 Å². The number of aromatic nitrogens is 1. The second kappa shape index (κ2) is 4.85. The number of fused-ring (bicyclic) bond motifs is 2. The Bertz CT molecular complexity index is 703. The van der Waals surface area contributed by atoms with Crippen LogP contribution >= 0.6 is 35.0 Å². The molecule has 2 heterocycles. The van der Waals surface area contributed by atoms with Gasteiger partial charge in [-0.05, 0) is 29.9 Å². The third-order valence-corrected chi connectivity index (χ3v) is 4.63. The fourth-order valence-corrected chi connectivity index (χ4v) is 3.86. The van der Waals surface area contributed by atoms with Crippen molar-refractivity contribution < 1.29 is 9.90 Å². The lowest BCUT2D eigenvalue weighted by Crippen LogP contribution is -2.13. The fraction of sp³-hybridized carbons (Fsp3) is 0.231. The van der Waals surface area contributed by atoms with E-state index in [0.29, 0.717) is 26.7 Å². The van der Waals surface area contributed by atoms with Crippen LogP contribution in [0.15, 0.2) is 12.1 Å². The van der Waals surface area contributed by atoms with Crippen LogP contribution in [0, 0.1) is 0 Å². The van der Waals surface area contributed by atoms with Crippen LogP contribution in [-0.4, -0.2) is 21.8 Å². The first-order valence-electron chi connectivity index (χ1n) is 5.69. The number of nitrogens with zero attached hydrogens (tertiary/aromatic N) is 1.